The van der Waals surface area contributed by atoms with Crippen LogP contribution in [0.2, 0.25) is 0 Å². The average molecular weight is 725 g/mol. The Morgan fingerprint density at radius 1 is 0.686 bits per heavy atom. The van der Waals surface area contributed by atoms with Crippen LogP contribution in [0.4, 0.5) is 0 Å². The van der Waals surface area contributed by atoms with Gasteiger partial charge in [-0.05, 0) is 47.5 Å². The number of hydrogen-bond acceptors (Lipinski definition) is 18. The second-order valence-electron chi connectivity index (χ2n) is 11.3. The van der Waals surface area contributed by atoms with Gasteiger partial charge in [0, 0.05) is 12.2 Å². The summed E-state index contributed by atoms with van der Waals surface area (Å²) in [7, 11) is 3.96. The molecular weight excluding hydrogens is 684 g/mol. The van der Waals surface area contributed by atoms with Crippen molar-refractivity contribution in [3.05, 3.63) is 53.6 Å². The Balaban J connectivity index is 1.53. The minimum absolute atomic E-state index is 0.0445. The van der Waals surface area contributed by atoms with E-state index in [9.17, 15) is 50.4 Å². The number of phenolic OH excluding ortho intramolecular Hbond substituents is 2. The predicted octanol–water partition coefficient (Wildman–Crippen LogP) is -1.43. The van der Waals surface area contributed by atoms with Gasteiger partial charge in [-0.25, -0.2) is 9.59 Å². The fourth-order valence-electron chi connectivity index (χ4n) is 5.12. The number of esters is 2. The number of ether oxygens (including phenoxy) is 8. The zero-order valence-corrected chi connectivity index (χ0v) is 27.5. The summed E-state index contributed by atoms with van der Waals surface area (Å²) in [5.74, 6) is -2.32. The lowest BCUT2D eigenvalue weighted by Crippen LogP contribution is -2.62. The lowest BCUT2D eigenvalue weighted by atomic mass is 9.98. The molecule has 0 radical (unpaired) electrons. The maximum absolute atomic E-state index is 13.0. The van der Waals surface area contributed by atoms with Crippen molar-refractivity contribution in [2.24, 2.45) is 0 Å². The molecule has 18 nitrogen and oxygen atoms in total. The number of hydrogen-bond donors (Lipinski definition) is 8. The standard InChI is InChI=1S/C33H40O18/c1-44-18-10-15(4-7-17(18)35)5-8-23(36)50-31-29(42)27(40)22(14-47-32-30(43)28(41)26(39)21(13-34)48-32)49-33(31)51-24(37)9-6-16-11-19(45-2)25(38)20(12-16)46-3/h4-12,21-22,26-35,38-43H,13-14H2,1-3H3/b8-5+,9-6+. The molecule has 0 saturated carbocycles. The Hall–Kier alpha value is -4.50. The molecule has 0 amide bonds. The molecule has 2 aliphatic rings. The van der Waals surface area contributed by atoms with E-state index in [1.54, 1.807) is 0 Å². The number of phenols is 2. The molecule has 10 unspecified atom stereocenters. The summed E-state index contributed by atoms with van der Waals surface area (Å²) >= 11 is 0. The number of rotatable bonds is 13. The minimum atomic E-state index is -1.94. The molecule has 2 aliphatic heterocycles. The van der Waals surface area contributed by atoms with Crippen LogP contribution in [0, 0.1) is 0 Å². The van der Waals surface area contributed by atoms with Crippen molar-refractivity contribution in [2.75, 3.05) is 34.5 Å². The van der Waals surface area contributed by atoms with Crippen molar-refractivity contribution in [1.82, 2.24) is 0 Å². The number of methoxy groups -OCH3 is 3. The molecule has 4 rings (SSSR count). The first-order valence-corrected chi connectivity index (χ1v) is 15.3. The molecule has 2 aromatic carbocycles. The van der Waals surface area contributed by atoms with Gasteiger partial charge in [-0.15, -0.1) is 0 Å². The summed E-state index contributed by atoms with van der Waals surface area (Å²) in [6.45, 7) is -1.40. The Morgan fingerprint density at radius 3 is 1.84 bits per heavy atom. The van der Waals surface area contributed by atoms with E-state index in [2.05, 4.69) is 0 Å². The molecular formula is C33H40O18. The first-order chi connectivity index (χ1) is 24.3. The fraction of sp³-hybridized carbons (Fsp3) is 0.455. The highest BCUT2D eigenvalue weighted by Crippen LogP contribution is 2.37. The Kier molecular flexibility index (Phi) is 13.6. The highest BCUT2D eigenvalue weighted by Gasteiger charge is 2.50. The minimum Gasteiger partial charge on any atom is -0.504 e. The third-order valence-corrected chi connectivity index (χ3v) is 7.93. The smallest absolute Gasteiger partial charge is 0.333 e. The van der Waals surface area contributed by atoms with Crippen molar-refractivity contribution in [3.63, 3.8) is 0 Å². The van der Waals surface area contributed by atoms with Gasteiger partial charge in [0.1, 0.15) is 42.7 Å². The van der Waals surface area contributed by atoms with Gasteiger partial charge in [0.25, 0.3) is 0 Å². The van der Waals surface area contributed by atoms with Crippen molar-refractivity contribution in [3.8, 4) is 28.7 Å². The van der Waals surface area contributed by atoms with Crippen LogP contribution in [0.25, 0.3) is 12.2 Å². The van der Waals surface area contributed by atoms with E-state index in [1.807, 2.05) is 0 Å². The first-order valence-electron chi connectivity index (χ1n) is 15.3. The molecule has 2 fully saturated rings. The van der Waals surface area contributed by atoms with E-state index in [1.165, 1.54) is 63.8 Å². The number of benzene rings is 2. The zero-order valence-electron chi connectivity index (χ0n) is 27.5. The van der Waals surface area contributed by atoms with Crippen molar-refractivity contribution in [2.45, 2.75) is 61.4 Å². The van der Waals surface area contributed by atoms with E-state index < -0.39 is 86.6 Å². The quantitative estimate of drug-likeness (QED) is 0.0869. The summed E-state index contributed by atoms with van der Waals surface area (Å²) in [6.07, 6.45) is -12.6. The fourth-order valence-corrected chi connectivity index (χ4v) is 5.12. The SMILES string of the molecule is COc1cc(/C=C/C(=O)OC2C(OC(=O)/C=C/c3cc(OC)c(O)c(OC)c3)OC(COC3OC(CO)C(O)C(O)C3O)C(O)C2O)ccc1O. The van der Waals surface area contributed by atoms with Crippen LogP contribution >= 0.6 is 0 Å². The second-order valence-corrected chi connectivity index (χ2v) is 11.3. The van der Waals surface area contributed by atoms with Crippen LogP contribution < -0.4 is 14.2 Å². The van der Waals surface area contributed by atoms with Crippen LogP contribution in [0.15, 0.2) is 42.5 Å². The van der Waals surface area contributed by atoms with E-state index in [0.29, 0.717) is 11.1 Å². The number of carbonyl (C=O) groups is 2. The van der Waals surface area contributed by atoms with Gasteiger partial charge in [0.15, 0.2) is 35.4 Å². The second kappa shape index (κ2) is 17.6. The molecule has 0 spiro atoms. The summed E-state index contributed by atoms with van der Waals surface area (Å²) < 4.78 is 42.4. The molecule has 280 valence electrons. The average Bonchev–Trinajstić information content (AvgIpc) is 3.12. The molecule has 0 aliphatic carbocycles. The summed E-state index contributed by atoms with van der Waals surface area (Å²) in [5, 5.41) is 81.7. The van der Waals surface area contributed by atoms with Gasteiger partial charge < -0.3 is 78.7 Å². The van der Waals surface area contributed by atoms with E-state index in [-0.39, 0.29) is 28.7 Å². The van der Waals surface area contributed by atoms with Crippen LogP contribution in [0.1, 0.15) is 11.1 Å². The molecule has 8 N–H and O–H groups in total. The van der Waals surface area contributed by atoms with Crippen molar-refractivity contribution >= 4 is 24.1 Å². The first kappa shape index (κ1) is 39.3. The Morgan fingerprint density at radius 2 is 1.24 bits per heavy atom. The predicted molar refractivity (Wildman–Crippen MR) is 170 cm³/mol. The molecule has 18 heteroatoms. The van der Waals surface area contributed by atoms with E-state index >= 15 is 0 Å². The van der Waals surface area contributed by atoms with Crippen LogP contribution in [0.3, 0.4) is 0 Å². The maximum Gasteiger partial charge on any atom is 0.333 e. The molecule has 51 heavy (non-hydrogen) atoms. The summed E-state index contributed by atoms with van der Waals surface area (Å²) in [4.78, 5) is 25.8. The lowest BCUT2D eigenvalue weighted by molar-refractivity contribution is -0.327. The van der Waals surface area contributed by atoms with Gasteiger partial charge >= 0.3 is 11.9 Å². The lowest BCUT2D eigenvalue weighted by Gasteiger charge is -2.43. The maximum atomic E-state index is 13.0. The highest BCUT2D eigenvalue weighted by molar-refractivity contribution is 5.88. The third kappa shape index (κ3) is 9.44. The van der Waals surface area contributed by atoms with Gasteiger partial charge in [-0.3, -0.25) is 0 Å². The van der Waals surface area contributed by atoms with Gasteiger partial charge in [0.05, 0.1) is 34.5 Å². The zero-order chi connectivity index (χ0) is 37.4. The van der Waals surface area contributed by atoms with Crippen molar-refractivity contribution < 1.29 is 88.3 Å². The van der Waals surface area contributed by atoms with Gasteiger partial charge in [-0.2, -0.15) is 0 Å². The van der Waals surface area contributed by atoms with Gasteiger partial charge in [-0.1, -0.05) is 6.07 Å². The molecule has 0 aromatic heterocycles. The molecule has 2 aromatic rings. The number of aliphatic hydroxyl groups excluding tert-OH is 6. The molecule has 2 heterocycles. The monoisotopic (exact) mass is 724 g/mol. The normalized spacial score (nSPS) is 29.5. The molecule has 10 atom stereocenters. The number of carbonyl (C=O) groups excluding carboxylic acids is 2. The Bertz CT molecular complexity index is 1530. The molecule has 2 saturated heterocycles. The van der Waals surface area contributed by atoms with Gasteiger partial charge in [0.2, 0.25) is 12.0 Å². The van der Waals surface area contributed by atoms with Crippen LogP contribution in [-0.2, 0) is 33.3 Å². The van der Waals surface area contributed by atoms with E-state index in [4.69, 9.17) is 37.9 Å². The summed E-state index contributed by atoms with van der Waals surface area (Å²) in [5.41, 5.74) is 0.756. The number of aliphatic hydroxyl groups is 6. The van der Waals surface area contributed by atoms with E-state index in [0.717, 1.165) is 12.2 Å². The van der Waals surface area contributed by atoms with Crippen LogP contribution in [0.5, 0.6) is 28.7 Å². The largest absolute Gasteiger partial charge is 0.504 e. The number of aromatic hydroxyl groups is 2. The van der Waals surface area contributed by atoms with Crippen LogP contribution in [-0.4, -0.2) is 149 Å². The Labute approximate surface area is 290 Å². The summed E-state index contributed by atoms with van der Waals surface area (Å²) in [6, 6.07) is 7.02. The molecule has 0 bridgehead atoms. The third-order valence-electron chi connectivity index (χ3n) is 7.93. The topological polar surface area (TPSA) is 270 Å². The highest BCUT2D eigenvalue weighted by atomic mass is 16.7. The van der Waals surface area contributed by atoms with Crippen molar-refractivity contribution in [1.29, 1.82) is 0 Å².